The summed E-state index contributed by atoms with van der Waals surface area (Å²) in [4.78, 5) is 6.26. The minimum atomic E-state index is 1.07. The van der Waals surface area contributed by atoms with Crippen molar-refractivity contribution >= 4 is 22.2 Å². The van der Waals surface area contributed by atoms with Gasteiger partial charge in [0, 0.05) is 15.8 Å². The van der Waals surface area contributed by atoms with Crippen molar-refractivity contribution in [1.29, 1.82) is 0 Å². The van der Waals surface area contributed by atoms with Gasteiger partial charge in [-0.2, -0.15) is 0 Å². The molecule has 17 heavy (non-hydrogen) atoms. The van der Waals surface area contributed by atoms with Crippen LogP contribution in [0.25, 0.3) is 21.5 Å². The molecule has 86 valence electrons. The molecule has 0 unspecified atom stereocenters. The molecular weight excluding hydrogens is 226 g/mol. The largest absolute Gasteiger partial charge is 0.354 e. The second kappa shape index (κ2) is 4.04. The van der Waals surface area contributed by atoms with E-state index in [-0.39, 0.29) is 0 Å². The number of hydrogen-bond acceptors (Lipinski definition) is 1. The third kappa shape index (κ3) is 1.69. The molecule has 2 aromatic heterocycles. The SMILES string of the molecule is CCc1c(-c2ccc(C)s2)[nH]c2ccccc12. The molecule has 3 aromatic rings. The second-order valence-corrected chi connectivity index (χ2v) is 5.58. The minimum absolute atomic E-state index is 1.07. The van der Waals surface area contributed by atoms with Gasteiger partial charge in [-0.3, -0.25) is 0 Å². The fraction of sp³-hybridized carbons (Fsp3) is 0.200. The number of rotatable bonds is 2. The number of aromatic amines is 1. The summed E-state index contributed by atoms with van der Waals surface area (Å²) in [5.74, 6) is 0. The maximum absolute atomic E-state index is 3.56. The lowest BCUT2D eigenvalue weighted by atomic mass is 10.1. The zero-order valence-electron chi connectivity index (χ0n) is 10.1. The van der Waals surface area contributed by atoms with Crippen LogP contribution < -0.4 is 0 Å². The third-order valence-electron chi connectivity index (χ3n) is 3.15. The molecule has 2 heterocycles. The Hall–Kier alpha value is -1.54. The first-order chi connectivity index (χ1) is 8.29. The number of H-pyrrole nitrogens is 1. The van der Waals surface area contributed by atoms with Gasteiger partial charge in [0.05, 0.1) is 10.6 Å². The van der Waals surface area contributed by atoms with Gasteiger partial charge in [-0.25, -0.2) is 0 Å². The first kappa shape index (κ1) is 10.6. The van der Waals surface area contributed by atoms with Crippen molar-refractivity contribution in [3.05, 3.63) is 46.8 Å². The predicted molar refractivity (Wildman–Crippen MR) is 75.7 cm³/mol. The Morgan fingerprint density at radius 2 is 1.94 bits per heavy atom. The van der Waals surface area contributed by atoms with Gasteiger partial charge in [-0.05, 0) is 37.1 Å². The lowest BCUT2D eigenvalue weighted by molar-refractivity contribution is 1.16. The summed E-state index contributed by atoms with van der Waals surface area (Å²) in [7, 11) is 0. The average Bonchev–Trinajstić information content (AvgIpc) is 2.91. The average molecular weight is 241 g/mol. The summed E-state index contributed by atoms with van der Waals surface area (Å²) in [6, 6.07) is 12.9. The first-order valence-corrected chi connectivity index (χ1v) is 6.77. The fourth-order valence-electron chi connectivity index (χ4n) is 2.35. The lowest BCUT2D eigenvalue weighted by Gasteiger charge is -1.98. The summed E-state index contributed by atoms with van der Waals surface area (Å²) >= 11 is 1.85. The summed E-state index contributed by atoms with van der Waals surface area (Å²) < 4.78 is 0. The van der Waals surface area contributed by atoms with E-state index in [1.165, 1.54) is 31.9 Å². The van der Waals surface area contributed by atoms with Crippen LogP contribution in [0, 0.1) is 6.92 Å². The van der Waals surface area contributed by atoms with E-state index in [0.717, 1.165) is 6.42 Å². The molecule has 1 nitrogen and oxygen atoms in total. The molecule has 1 N–H and O–H groups in total. The molecule has 0 aliphatic carbocycles. The Balaban J connectivity index is 2.29. The smallest absolute Gasteiger partial charge is 0.0598 e. The number of thiophene rings is 1. The van der Waals surface area contributed by atoms with Gasteiger partial charge in [-0.15, -0.1) is 11.3 Å². The number of aromatic nitrogens is 1. The highest BCUT2D eigenvalue weighted by Crippen LogP contribution is 2.34. The van der Waals surface area contributed by atoms with Crippen LogP contribution in [0.2, 0.25) is 0 Å². The summed E-state index contributed by atoms with van der Waals surface area (Å²) in [5, 5.41) is 1.36. The maximum Gasteiger partial charge on any atom is 0.0598 e. The van der Waals surface area contributed by atoms with Crippen LogP contribution in [0.4, 0.5) is 0 Å². The Morgan fingerprint density at radius 3 is 2.65 bits per heavy atom. The van der Waals surface area contributed by atoms with Crippen molar-refractivity contribution < 1.29 is 0 Å². The second-order valence-electron chi connectivity index (χ2n) is 4.29. The van der Waals surface area contributed by atoms with E-state index in [1.807, 2.05) is 11.3 Å². The zero-order valence-corrected chi connectivity index (χ0v) is 10.9. The zero-order chi connectivity index (χ0) is 11.8. The lowest BCUT2D eigenvalue weighted by Crippen LogP contribution is -1.81. The quantitative estimate of drug-likeness (QED) is 0.665. The van der Waals surface area contributed by atoms with Gasteiger partial charge >= 0.3 is 0 Å². The highest BCUT2D eigenvalue weighted by Gasteiger charge is 2.12. The number of fused-ring (bicyclic) bond motifs is 1. The number of benzene rings is 1. The standard InChI is InChI=1S/C15H15NS/c1-3-11-12-6-4-5-7-13(12)16-15(11)14-9-8-10(2)17-14/h4-9,16H,3H2,1-2H3. The van der Waals surface area contributed by atoms with Gasteiger partial charge in [0.25, 0.3) is 0 Å². The normalized spacial score (nSPS) is 11.2. The molecule has 0 atom stereocenters. The van der Waals surface area contributed by atoms with E-state index < -0.39 is 0 Å². The molecule has 0 radical (unpaired) electrons. The monoisotopic (exact) mass is 241 g/mol. The van der Waals surface area contributed by atoms with E-state index in [0.29, 0.717) is 0 Å². The summed E-state index contributed by atoms with van der Waals surface area (Å²) in [6.45, 7) is 4.38. The first-order valence-electron chi connectivity index (χ1n) is 5.96. The number of para-hydroxylation sites is 1. The molecule has 0 saturated heterocycles. The Bertz CT molecular complexity index is 660. The molecular formula is C15H15NS. The molecule has 0 aliphatic rings. The van der Waals surface area contributed by atoms with Crippen molar-refractivity contribution in [3.63, 3.8) is 0 Å². The van der Waals surface area contributed by atoms with Gasteiger partial charge in [-0.1, -0.05) is 25.1 Å². The van der Waals surface area contributed by atoms with E-state index in [9.17, 15) is 0 Å². The highest BCUT2D eigenvalue weighted by molar-refractivity contribution is 7.15. The molecule has 3 rings (SSSR count). The Labute approximate surface area is 105 Å². The minimum Gasteiger partial charge on any atom is -0.354 e. The topological polar surface area (TPSA) is 15.8 Å². The molecule has 0 amide bonds. The fourth-order valence-corrected chi connectivity index (χ4v) is 3.24. The van der Waals surface area contributed by atoms with E-state index in [1.54, 1.807) is 0 Å². The molecule has 0 fully saturated rings. The van der Waals surface area contributed by atoms with Crippen LogP contribution in [0.1, 0.15) is 17.4 Å². The van der Waals surface area contributed by atoms with Gasteiger partial charge in [0.2, 0.25) is 0 Å². The van der Waals surface area contributed by atoms with Crippen molar-refractivity contribution in [2.75, 3.05) is 0 Å². The van der Waals surface area contributed by atoms with Gasteiger partial charge in [0.1, 0.15) is 0 Å². The van der Waals surface area contributed by atoms with Gasteiger partial charge < -0.3 is 4.98 Å². The summed E-state index contributed by atoms with van der Waals surface area (Å²) in [6.07, 6.45) is 1.07. The van der Waals surface area contributed by atoms with Crippen LogP contribution in [0.15, 0.2) is 36.4 Å². The Morgan fingerprint density at radius 1 is 1.12 bits per heavy atom. The number of hydrogen-bond donors (Lipinski definition) is 1. The van der Waals surface area contributed by atoms with Crippen LogP contribution in [-0.2, 0) is 6.42 Å². The molecule has 0 aliphatic heterocycles. The molecule has 0 bridgehead atoms. The highest BCUT2D eigenvalue weighted by atomic mass is 32.1. The molecule has 2 heteroatoms. The Kier molecular flexibility index (Phi) is 2.52. The van der Waals surface area contributed by atoms with Crippen LogP contribution in [0.5, 0.6) is 0 Å². The van der Waals surface area contributed by atoms with E-state index in [4.69, 9.17) is 0 Å². The van der Waals surface area contributed by atoms with Gasteiger partial charge in [0.15, 0.2) is 0 Å². The van der Waals surface area contributed by atoms with Crippen LogP contribution in [0.3, 0.4) is 0 Å². The van der Waals surface area contributed by atoms with Crippen molar-refractivity contribution in [2.45, 2.75) is 20.3 Å². The molecule has 1 aromatic carbocycles. The molecule has 0 spiro atoms. The maximum atomic E-state index is 3.56. The third-order valence-corrected chi connectivity index (χ3v) is 4.17. The van der Waals surface area contributed by atoms with Crippen molar-refractivity contribution in [3.8, 4) is 10.6 Å². The summed E-state index contributed by atoms with van der Waals surface area (Å²) in [5.41, 5.74) is 3.97. The van der Waals surface area contributed by atoms with E-state index in [2.05, 4.69) is 55.2 Å². The number of nitrogens with one attached hydrogen (secondary N) is 1. The van der Waals surface area contributed by atoms with Crippen molar-refractivity contribution in [1.82, 2.24) is 4.98 Å². The van der Waals surface area contributed by atoms with E-state index >= 15 is 0 Å². The predicted octanol–water partition coefficient (Wildman–Crippen LogP) is 4.77. The molecule has 0 saturated carbocycles. The van der Waals surface area contributed by atoms with Crippen molar-refractivity contribution in [2.24, 2.45) is 0 Å². The van der Waals surface area contributed by atoms with Crippen LogP contribution in [-0.4, -0.2) is 4.98 Å². The van der Waals surface area contributed by atoms with Crippen LogP contribution >= 0.6 is 11.3 Å². The number of aryl methyl sites for hydroxylation is 2.